The number of carbonyl (C=O) groups is 3. The van der Waals surface area contributed by atoms with Gasteiger partial charge in [0.05, 0.1) is 22.9 Å². The maximum Gasteiger partial charge on any atom is 0.416 e. The molecule has 3 aliphatic rings. The fourth-order valence-corrected chi connectivity index (χ4v) is 7.01. The van der Waals surface area contributed by atoms with Gasteiger partial charge in [0.2, 0.25) is 17.6 Å². The number of hydrogen-bond donors (Lipinski definition) is 2. The maximum absolute atomic E-state index is 14.3. The number of aromatic nitrogens is 6. The van der Waals surface area contributed by atoms with Crippen LogP contribution in [0.25, 0.3) is 11.4 Å². The molecule has 0 radical (unpaired) electrons. The largest absolute Gasteiger partial charge is 0.504 e. The van der Waals surface area contributed by atoms with Gasteiger partial charge < -0.3 is 29.7 Å². The molecule has 2 N–H and O–H groups in total. The minimum absolute atomic E-state index is 0.0565. The molecule has 3 aromatic heterocycles. The molecule has 1 saturated heterocycles. The molecule has 0 spiro atoms. The summed E-state index contributed by atoms with van der Waals surface area (Å²) in [6.45, 7) is 5.71. The third-order valence-electron chi connectivity index (χ3n) is 10.2. The Balaban J connectivity index is 1.22. The second kappa shape index (κ2) is 14.4. The molecule has 15 nitrogen and oxygen atoms in total. The van der Waals surface area contributed by atoms with Gasteiger partial charge >= 0.3 is 6.18 Å². The molecule has 1 aromatic carbocycles. The van der Waals surface area contributed by atoms with Gasteiger partial charge in [-0.05, 0) is 62.4 Å². The lowest BCUT2D eigenvalue weighted by atomic mass is 10.1. The summed E-state index contributed by atoms with van der Waals surface area (Å²) in [5.74, 6) is -1.99. The van der Waals surface area contributed by atoms with E-state index in [4.69, 9.17) is 4.98 Å². The summed E-state index contributed by atoms with van der Waals surface area (Å²) < 4.78 is 56.2. The average molecular weight is 767 g/mol. The molecule has 4 aromatic rings. The predicted octanol–water partition coefficient (Wildman–Crippen LogP) is 3.16. The van der Waals surface area contributed by atoms with Crippen LogP contribution in [0.5, 0.6) is 5.75 Å². The van der Waals surface area contributed by atoms with E-state index in [-0.39, 0.29) is 104 Å². The van der Waals surface area contributed by atoms with Crippen LogP contribution in [-0.2, 0) is 28.7 Å². The fourth-order valence-electron chi connectivity index (χ4n) is 7.01. The smallest absolute Gasteiger partial charge is 0.416 e. The molecular formula is C36H38F4N10O5. The number of halogens is 4. The molecule has 290 valence electrons. The van der Waals surface area contributed by atoms with Crippen molar-refractivity contribution in [2.75, 3.05) is 49.5 Å². The Hall–Kier alpha value is -5.88. The van der Waals surface area contributed by atoms with Gasteiger partial charge in [-0.2, -0.15) is 22.7 Å². The van der Waals surface area contributed by atoms with Crippen LogP contribution in [0, 0.1) is 19.8 Å². The molecule has 55 heavy (non-hydrogen) atoms. The minimum Gasteiger partial charge on any atom is -0.504 e. The minimum atomic E-state index is -4.56. The molecule has 2 fully saturated rings. The Bertz CT molecular complexity index is 2300. The number of nitrogens with one attached hydrogen (secondary N) is 1. The molecule has 1 saturated carbocycles. The zero-order chi connectivity index (χ0) is 39.3. The first-order chi connectivity index (χ1) is 26.2. The number of aromatic hydroxyl groups is 1. The van der Waals surface area contributed by atoms with Gasteiger partial charge in [0.1, 0.15) is 24.7 Å². The number of fused-ring (bicyclic) bond motifs is 1. The van der Waals surface area contributed by atoms with E-state index >= 15 is 0 Å². The highest BCUT2D eigenvalue weighted by atomic mass is 19.4. The van der Waals surface area contributed by atoms with Crippen LogP contribution >= 0.6 is 0 Å². The van der Waals surface area contributed by atoms with Crippen molar-refractivity contribution in [3.63, 3.8) is 0 Å². The maximum atomic E-state index is 14.3. The van der Waals surface area contributed by atoms with Crippen molar-refractivity contribution in [3.8, 4) is 5.75 Å². The number of amides is 3. The molecule has 0 bridgehead atoms. The molecule has 2 aliphatic heterocycles. The van der Waals surface area contributed by atoms with E-state index in [2.05, 4.69) is 20.4 Å². The van der Waals surface area contributed by atoms with E-state index in [1.54, 1.807) is 34.3 Å². The van der Waals surface area contributed by atoms with Crippen molar-refractivity contribution >= 4 is 40.4 Å². The number of carbonyl (C=O) groups excluding carboxylic acids is 3. The number of alkyl halides is 4. The first kappa shape index (κ1) is 37.4. The molecule has 5 heterocycles. The molecule has 3 amide bonds. The van der Waals surface area contributed by atoms with E-state index in [9.17, 15) is 41.8 Å². The fraction of sp³-hybridized carbons (Fsp3) is 0.444. The van der Waals surface area contributed by atoms with Crippen LogP contribution in [0.4, 0.5) is 28.9 Å². The van der Waals surface area contributed by atoms with E-state index < -0.39 is 41.2 Å². The quantitative estimate of drug-likeness (QED) is 0.254. The number of aryl methyl sites for hydroxylation is 2. The second-order valence-corrected chi connectivity index (χ2v) is 13.8. The molecule has 19 heteroatoms. The lowest BCUT2D eigenvalue weighted by molar-refractivity contribution is -0.137. The van der Waals surface area contributed by atoms with Crippen molar-refractivity contribution in [3.05, 3.63) is 75.0 Å². The highest BCUT2D eigenvalue weighted by molar-refractivity contribution is 5.95. The van der Waals surface area contributed by atoms with Crippen LogP contribution in [0.1, 0.15) is 58.6 Å². The summed E-state index contributed by atoms with van der Waals surface area (Å²) in [7, 11) is 0. The summed E-state index contributed by atoms with van der Waals surface area (Å²) in [4.78, 5) is 71.3. The van der Waals surface area contributed by atoms with Crippen LogP contribution in [0.15, 0.2) is 35.4 Å². The number of benzene rings is 1. The number of hydrogen-bond acceptors (Lipinski definition) is 10. The Morgan fingerprint density at radius 1 is 1.04 bits per heavy atom. The summed E-state index contributed by atoms with van der Waals surface area (Å²) in [5.41, 5.74) is 0.473. The second-order valence-electron chi connectivity index (χ2n) is 13.8. The normalized spacial score (nSPS) is 18.7. The first-order valence-corrected chi connectivity index (χ1v) is 17.8. The molecule has 2 atom stereocenters. The van der Waals surface area contributed by atoms with Crippen molar-refractivity contribution in [2.45, 2.75) is 58.9 Å². The summed E-state index contributed by atoms with van der Waals surface area (Å²) in [6.07, 6.45) is -1.90. The SMILES string of the molecule is CCc1c(N2CCN(C(=O)c3ncnc(C)c3O)CC2)c(=O)n2nc(C3=CCN(C(=O)C4CC4F)CC3)nc2n1CC(=O)Nc1ccc(C(F)(F)F)cc1C. The summed E-state index contributed by atoms with van der Waals surface area (Å²) in [5, 5.41) is 17.7. The zero-order valence-corrected chi connectivity index (χ0v) is 30.2. The van der Waals surface area contributed by atoms with Crippen molar-refractivity contribution in [1.29, 1.82) is 0 Å². The van der Waals surface area contributed by atoms with Gasteiger partial charge in [-0.15, -0.1) is 5.10 Å². The molecule has 2 unspecified atom stereocenters. The Labute approximate surface area is 311 Å². The van der Waals surface area contributed by atoms with Gasteiger partial charge in [-0.1, -0.05) is 13.0 Å². The molecule has 1 aliphatic carbocycles. The summed E-state index contributed by atoms with van der Waals surface area (Å²) >= 11 is 0. The van der Waals surface area contributed by atoms with Crippen LogP contribution in [0.2, 0.25) is 0 Å². The highest BCUT2D eigenvalue weighted by Crippen LogP contribution is 2.36. The number of rotatable bonds is 8. The topological polar surface area (TPSA) is 171 Å². The first-order valence-electron chi connectivity index (χ1n) is 17.8. The van der Waals surface area contributed by atoms with Crippen molar-refractivity contribution < 1.29 is 37.1 Å². The third-order valence-corrected chi connectivity index (χ3v) is 10.2. The van der Waals surface area contributed by atoms with Crippen LogP contribution < -0.4 is 15.8 Å². The number of nitrogens with zero attached hydrogens (tertiary/aromatic N) is 9. The predicted molar refractivity (Wildman–Crippen MR) is 190 cm³/mol. The van der Waals surface area contributed by atoms with Gasteiger partial charge in [-0.3, -0.25) is 19.2 Å². The third kappa shape index (κ3) is 7.21. The lowest BCUT2D eigenvalue weighted by Gasteiger charge is -2.36. The van der Waals surface area contributed by atoms with E-state index in [0.29, 0.717) is 24.2 Å². The van der Waals surface area contributed by atoms with E-state index in [1.165, 1.54) is 24.2 Å². The van der Waals surface area contributed by atoms with Gasteiger partial charge in [0.15, 0.2) is 17.3 Å². The standard InChI is InChI=1S/C36H38F4N10O5/c1-4-26-29(46-11-13-48(14-12-46)33(54)28-30(52)20(3)41-18-42-28)34(55)50-35(44-31(45-50)21-7-9-47(10-8-21)32(53)23-16-24(23)37)49(26)17-27(51)43-25-6-5-22(15-19(25)2)36(38,39)40/h5-7,15,18,23-24,52H,4,8-14,16-17H2,1-3H3,(H,43,51). The Morgan fingerprint density at radius 2 is 1.76 bits per heavy atom. The zero-order valence-electron chi connectivity index (χ0n) is 30.2. The average Bonchev–Trinajstić information content (AvgIpc) is 3.72. The number of piperazine rings is 1. The van der Waals surface area contributed by atoms with Crippen molar-refractivity contribution in [2.24, 2.45) is 5.92 Å². The lowest BCUT2D eigenvalue weighted by Crippen LogP contribution is -2.51. The van der Waals surface area contributed by atoms with Gasteiger partial charge in [-0.25, -0.2) is 14.4 Å². The monoisotopic (exact) mass is 766 g/mol. The Kier molecular flexibility index (Phi) is 9.81. The van der Waals surface area contributed by atoms with Gasteiger partial charge in [0, 0.05) is 45.0 Å². The van der Waals surface area contributed by atoms with Gasteiger partial charge in [0.25, 0.3) is 11.5 Å². The Morgan fingerprint density at radius 3 is 2.38 bits per heavy atom. The van der Waals surface area contributed by atoms with E-state index in [0.717, 1.165) is 16.6 Å². The molecular weight excluding hydrogens is 728 g/mol. The van der Waals surface area contributed by atoms with E-state index in [1.807, 2.05) is 0 Å². The highest BCUT2D eigenvalue weighted by Gasteiger charge is 2.45. The molecule has 7 rings (SSSR count). The van der Waals surface area contributed by atoms with Crippen LogP contribution in [-0.4, -0.2) is 107 Å². The number of anilines is 2. The summed E-state index contributed by atoms with van der Waals surface area (Å²) in [6, 6.07) is 3.01. The van der Waals surface area contributed by atoms with Crippen molar-refractivity contribution in [1.82, 2.24) is 38.9 Å². The van der Waals surface area contributed by atoms with Crippen LogP contribution in [0.3, 0.4) is 0 Å².